The highest BCUT2D eigenvalue weighted by atomic mass is 35.5. The Morgan fingerprint density at radius 1 is 1.54 bits per heavy atom. The summed E-state index contributed by atoms with van der Waals surface area (Å²) < 4.78 is 6.31. The van der Waals surface area contributed by atoms with Crippen LogP contribution in [0.5, 0.6) is 5.75 Å². The van der Waals surface area contributed by atoms with Crippen LogP contribution < -0.4 is 4.74 Å². The van der Waals surface area contributed by atoms with Crippen molar-refractivity contribution in [3.63, 3.8) is 0 Å². The molecule has 1 aromatic heterocycles. The van der Waals surface area contributed by atoms with Crippen LogP contribution in [0.3, 0.4) is 0 Å². The van der Waals surface area contributed by atoms with Crippen molar-refractivity contribution in [1.82, 2.24) is 4.98 Å². The van der Waals surface area contributed by atoms with E-state index in [9.17, 15) is 0 Å². The molecule has 0 radical (unpaired) electrons. The second-order valence-electron chi connectivity index (χ2n) is 2.62. The monoisotopic (exact) mass is 213 g/mol. The predicted octanol–water partition coefficient (Wildman–Crippen LogP) is 3.18. The average molecular weight is 214 g/mol. The number of hydrogen-bond donors (Lipinski definition) is 0. The van der Waals surface area contributed by atoms with Crippen LogP contribution in [0.25, 0.3) is 10.2 Å². The minimum atomic E-state index is 0.184. The molecule has 68 valence electrons. The maximum absolute atomic E-state index is 5.46. The van der Waals surface area contributed by atoms with Crippen molar-refractivity contribution in [3.8, 4) is 5.75 Å². The van der Waals surface area contributed by atoms with Gasteiger partial charge in [-0.05, 0) is 25.1 Å². The number of nitrogens with zero attached hydrogens (tertiary/aromatic N) is 1. The quantitative estimate of drug-likeness (QED) is 0.715. The van der Waals surface area contributed by atoms with Gasteiger partial charge in [-0.3, -0.25) is 0 Å². The molecule has 0 aliphatic rings. The van der Waals surface area contributed by atoms with E-state index in [2.05, 4.69) is 4.98 Å². The number of aryl methyl sites for hydroxylation is 1. The van der Waals surface area contributed by atoms with Crippen LogP contribution in [0.2, 0.25) is 0 Å². The van der Waals surface area contributed by atoms with Gasteiger partial charge in [0.05, 0.1) is 15.2 Å². The van der Waals surface area contributed by atoms with Gasteiger partial charge >= 0.3 is 0 Å². The molecule has 0 atom stereocenters. The number of rotatable bonds is 2. The van der Waals surface area contributed by atoms with E-state index in [4.69, 9.17) is 16.3 Å². The third kappa shape index (κ3) is 1.76. The Balaban J connectivity index is 2.48. The van der Waals surface area contributed by atoms with Gasteiger partial charge in [-0.2, -0.15) is 0 Å². The Bertz CT molecular complexity index is 426. The average Bonchev–Trinajstić information content (AvgIpc) is 2.44. The van der Waals surface area contributed by atoms with Crippen molar-refractivity contribution >= 4 is 33.2 Å². The Morgan fingerprint density at radius 3 is 3.15 bits per heavy atom. The highest BCUT2D eigenvalue weighted by Gasteiger charge is 2.01. The fourth-order valence-corrected chi connectivity index (χ4v) is 2.15. The van der Waals surface area contributed by atoms with Crippen molar-refractivity contribution in [2.45, 2.75) is 6.92 Å². The maximum atomic E-state index is 5.46. The minimum absolute atomic E-state index is 0.184. The second kappa shape index (κ2) is 3.52. The molecule has 2 nitrogen and oxygen atoms in total. The molecule has 0 spiro atoms. The lowest BCUT2D eigenvalue weighted by atomic mass is 10.3. The molecule has 13 heavy (non-hydrogen) atoms. The highest BCUT2D eigenvalue weighted by molar-refractivity contribution is 7.18. The Kier molecular flexibility index (Phi) is 2.38. The van der Waals surface area contributed by atoms with Crippen LogP contribution in [0.4, 0.5) is 0 Å². The molecule has 0 aliphatic heterocycles. The molecule has 0 saturated carbocycles. The highest BCUT2D eigenvalue weighted by Crippen LogP contribution is 2.25. The normalized spacial score (nSPS) is 10.6. The third-order valence-corrected chi connectivity index (χ3v) is 2.73. The summed E-state index contributed by atoms with van der Waals surface area (Å²) in [5, 5.41) is 1.07. The summed E-state index contributed by atoms with van der Waals surface area (Å²) in [7, 11) is 0. The Morgan fingerprint density at radius 2 is 2.38 bits per heavy atom. The Labute approximate surface area is 85.1 Å². The molecule has 1 aromatic carbocycles. The van der Waals surface area contributed by atoms with Crippen LogP contribution in [-0.2, 0) is 0 Å². The van der Waals surface area contributed by atoms with Crippen molar-refractivity contribution < 1.29 is 4.74 Å². The van der Waals surface area contributed by atoms with Gasteiger partial charge in [0.2, 0.25) is 0 Å². The molecule has 0 aliphatic carbocycles. The third-order valence-electron chi connectivity index (χ3n) is 1.69. The number of ether oxygens (including phenoxy) is 1. The lowest BCUT2D eigenvalue weighted by Gasteiger charge is -1.99. The molecular weight excluding hydrogens is 206 g/mol. The van der Waals surface area contributed by atoms with Gasteiger partial charge in [-0.15, -0.1) is 11.3 Å². The first kappa shape index (κ1) is 8.78. The largest absolute Gasteiger partial charge is 0.478 e. The number of aromatic nitrogens is 1. The van der Waals surface area contributed by atoms with E-state index in [1.807, 2.05) is 25.1 Å². The van der Waals surface area contributed by atoms with Crippen molar-refractivity contribution in [2.24, 2.45) is 0 Å². The lowest BCUT2D eigenvalue weighted by molar-refractivity contribution is 0.388. The van der Waals surface area contributed by atoms with E-state index in [0.29, 0.717) is 0 Å². The van der Waals surface area contributed by atoms with E-state index in [1.165, 1.54) is 0 Å². The molecule has 0 saturated heterocycles. The summed E-state index contributed by atoms with van der Waals surface area (Å²) in [6, 6.07) is 5.97. The first-order valence-corrected chi connectivity index (χ1v) is 5.20. The summed E-state index contributed by atoms with van der Waals surface area (Å²) in [5.74, 6) is 0.797. The van der Waals surface area contributed by atoms with Crippen LogP contribution >= 0.6 is 22.9 Å². The molecule has 2 aromatic rings. The molecule has 4 heteroatoms. The number of hydrogen-bond acceptors (Lipinski definition) is 3. The molecule has 0 N–H and O–H groups in total. The van der Waals surface area contributed by atoms with E-state index in [0.717, 1.165) is 21.0 Å². The molecule has 1 heterocycles. The van der Waals surface area contributed by atoms with Crippen molar-refractivity contribution in [3.05, 3.63) is 23.2 Å². The zero-order valence-electron chi connectivity index (χ0n) is 7.08. The summed E-state index contributed by atoms with van der Waals surface area (Å²) in [6.45, 7) is 1.99. The van der Waals surface area contributed by atoms with Crippen LogP contribution in [0.1, 0.15) is 5.01 Å². The summed E-state index contributed by atoms with van der Waals surface area (Å²) in [4.78, 5) is 4.34. The van der Waals surface area contributed by atoms with Crippen molar-refractivity contribution in [2.75, 3.05) is 6.07 Å². The van der Waals surface area contributed by atoms with Crippen LogP contribution in [0, 0.1) is 6.92 Å². The Hall–Kier alpha value is -0.800. The molecule has 0 amide bonds. The summed E-state index contributed by atoms with van der Waals surface area (Å²) in [6.07, 6.45) is 0. The fourth-order valence-electron chi connectivity index (χ4n) is 1.17. The van der Waals surface area contributed by atoms with Gasteiger partial charge in [0.15, 0.2) is 6.07 Å². The number of halogens is 1. The van der Waals surface area contributed by atoms with E-state index >= 15 is 0 Å². The SMILES string of the molecule is Cc1nc2ccc(OCCl)cc2s1. The van der Waals surface area contributed by atoms with Gasteiger partial charge in [0.25, 0.3) is 0 Å². The van der Waals surface area contributed by atoms with Gasteiger partial charge < -0.3 is 4.74 Å². The maximum Gasteiger partial charge on any atom is 0.162 e. The molecule has 2 rings (SSSR count). The molecule has 0 fully saturated rings. The molecule has 0 unspecified atom stereocenters. The van der Waals surface area contributed by atoms with E-state index < -0.39 is 0 Å². The molecular formula is C9H8ClNOS. The number of fused-ring (bicyclic) bond motifs is 1. The standard InChI is InChI=1S/C9H8ClNOS/c1-6-11-8-3-2-7(12-5-10)4-9(8)13-6/h2-4H,5H2,1H3. The minimum Gasteiger partial charge on any atom is -0.478 e. The zero-order chi connectivity index (χ0) is 9.26. The second-order valence-corrected chi connectivity index (χ2v) is 4.07. The zero-order valence-corrected chi connectivity index (χ0v) is 8.65. The lowest BCUT2D eigenvalue weighted by Crippen LogP contribution is -1.87. The van der Waals surface area contributed by atoms with E-state index in [-0.39, 0.29) is 6.07 Å². The summed E-state index contributed by atoms with van der Waals surface area (Å²) in [5.41, 5.74) is 1.02. The van der Waals surface area contributed by atoms with Crippen LogP contribution in [0.15, 0.2) is 18.2 Å². The number of thiazole rings is 1. The van der Waals surface area contributed by atoms with E-state index in [1.54, 1.807) is 11.3 Å². The first-order valence-electron chi connectivity index (χ1n) is 3.85. The predicted molar refractivity (Wildman–Crippen MR) is 55.7 cm³/mol. The van der Waals surface area contributed by atoms with Gasteiger partial charge in [-0.25, -0.2) is 4.98 Å². The number of alkyl halides is 1. The van der Waals surface area contributed by atoms with Gasteiger partial charge in [-0.1, -0.05) is 11.6 Å². The fraction of sp³-hybridized carbons (Fsp3) is 0.222. The smallest absolute Gasteiger partial charge is 0.162 e. The van der Waals surface area contributed by atoms with Gasteiger partial charge in [0.1, 0.15) is 5.75 Å². The number of benzene rings is 1. The summed E-state index contributed by atoms with van der Waals surface area (Å²) >= 11 is 7.12. The van der Waals surface area contributed by atoms with Crippen molar-refractivity contribution in [1.29, 1.82) is 0 Å². The molecule has 0 bridgehead atoms. The topological polar surface area (TPSA) is 22.1 Å². The first-order chi connectivity index (χ1) is 6.29. The van der Waals surface area contributed by atoms with Gasteiger partial charge in [0, 0.05) is 0 Å². The van der Waals surface area contributed by atoms with Crippen LogP contribution in [-0.4, -0.2) is 11.1 Å².